The Morgan fingerprint density at radius 3 is 2.56 bits per heavy atom. The van der Waals surface area contributed by atoms with Crippen molar-refractivity contribution in [3.63, 3.8) is 0 Å². The lowest BCUT2D eigenvalue weighted by molar-refractivity contribution is -0.136. The van der Waals surface area contributed by atoms with Crippen molar-refractivity contribution in [2.75, 3.05) is 16.6 Å². The van der Waals surface area contributed by atoms with Crippen LogP contribution in [0.4, 0.5) is 15.6 Å². The van der Waals surface area contributed by atoms with Crippen LogP contribution in [-0.2, 0) is 19.6 Å². The first kappa shape index (κ1) is 24.1. The number of sulfonamides is 1. The number of nitrogens with zero attached hydrogens (tertiary/aromatic N) is 2. The van der Waals surface area contributed by atoms with Gasteiger partial charge in [0.25, 0.3) is 15.9 Å². The van der Waals surface area contributed by atoms with Gasteiger partial charge in [0.15, 0.2) is 5.13 Å². The van der Waals surface area contributed by atoms with Crippen LogP contribution in [0.15, 0.2) is 40.7 Å². The Hall–Kier alpha value is -2.99. The van der Waals surface area contributed by atoms with Crippen molar-refractivity contribution in [2.24, 2.45) is 11.3 Å². The van der Waals surface area contributed by atoms with E-state index >= 15 is 0 Å². The topological polar surface area (TPSA) is 138 Å². The molecule has 1 aromatic carbocycles. The zero-order valence-corrected chi connectivity index (χ0v) is 20.8. The summed E-state index contributed by atoms with van der Waals surface area (Å²) in [5, 5.41) is 7.36. The lowest BCUT2D eigenvalue weighted by atomic mass is 9.64. The van der Waals surface area contributed by atoms with Gasteiger partial charge in [0, 0.05) is 17.3 Å². The van der Waals surface area contributed by atoms with Gasteiger partial charge in [-0.2, -0.15) is 0 Å². The summed E-state index contributed by atoms with van der Waals surface area (Å²) in [6, 6.07) is 5.00. The molecule has 2 aromatic rings. The molecular formula is C22H27N5O5S2. The fourth-order valence-corrected chi connectivity index (χ4v) is 6.95. The number of nitrogens with one attached hydrogen (secondary N) is 3. The van der Waals surface area contributed by atoms with Crippen LogP contribution in [0.5, 0.6) is 0 Å². The van der Waals surface area contributed by atoms with Gasteiger partial charge < -0.3 is 10.6 Å². The summed E-state index contributed by atoms with van der Waals surface area (Å²) >= 11 is 1.16. The van der Waals surface area contributed by atoms with Gasteiger partial charge in [-0.1, -0.05) is 20.8 Å². The molecule has 2 atom stereocenters. The highest BCUT2D eigenvalue weighted by atomic mass is 32.2. The zero-order chi connectivity index (χ0) is 24.7. The molecule has 182 valence electrons. The Labute approximate surface area is 202 Å². The van der Waals surface area contributed by atoms with Gasteiger partial charge in [-0.05, 0) is 54.9 Å². The second-order valence-corrected chi connectivity index (χ2v) is 12.4. The molecule has 4 amide bonds. The summed E-state index contributed by atoms with van der Waals surface area (Å²) in [6.45, 7) is 5.80. The van der Waals surface area contributed by atoms with Crippen LogP contribution in [-0.4, -0.2) is 48.2 Å². The maximum Gasteiger partial charge on any atom is 0.325 e. The zero-order valence-electron chi connectivity index (χ0n) is 19.1. The number of thiazole rings is 1. The summed E-state index contributed by atoms with van der Waals surface area (Å²) in [6.07, 6.45) is 3.52. The molecule has 0 bridgehead atoms. The number of amides is 4. The molecular weight excluding hydrogens is 478 g/mol. The van der Waals surface area contributed by atoms with Crippen LogP contribution in [0.2, 0.25) is 0 Å². The number of anilines is 2. The van der Waals surface area contributed by atoms with Crippen LogP contribution in [0, 0.1) is 11.3 Å². The Morgan fingerprint density at radius 2 is 1.94 bits per heavy atom. The minimum atomic E-state index is -3.81. The Morgan fingerprint density at radius 1 is 1.24 bits per heavy atom. The Balaban J connectivity index is 1.40. The summed E-state index contributed by atoms with van der Waals surface area (Å²) in [5.74, 6) is -0.663. The van der Waals surface area contributed by atoms with Crippen molar-refractivity contribution < 1.29 is 22.8 Å². The van der Waals surface area contributed by atoms with Crippen LogP contribution < -0.4 is 15.4 Å². The van der Waals surface area contributed by atoms with E-state index in [2.05, 4.69) is 41.1 Å². The molecule has 2 aliphatic rings. The van der Waals surface area contributed by atoms with Crippen LogP contribution in [0.25, 0.3) is 0 Å². The molecule has 3 N–H and O–H groups in total. The van der Waals surface area contributed by atoms with Crippen LogP contribution in [0.1, 0.15) is 40.0 Å². The van der Waals surface area contributed by atoms with Crippen LogP contribution >= 0.6 is 11.3 Å². The second kappa shape index (κ2) is 8.66. The van der Waals surface area contributed by atoms with Gasteiger partial charge in [-0.25, -0.2) is 18.2 Å². The molecule has 1 spiro atoms. The molecule has 1 saturated carbocycles. The highest BCUT2D eigenvalue weighted by Gasteiger charge is 2.56. The maximum absolute atomic E-state index is 13.2. The minimum Gasteiger partial charge on any atom is -0.325 e. The molecule has 0 unspecified atom stereocenters. The predicted octanol–water partition coefficient (Wildman–Crippen LogP) is 3.02. The number of rotatable bonds is 6. The molecule has 1 aliphatic carbocycles. The summed E-state index contributed by atoms with van der Waals surface area (Å²) < 4.78 is 27.2. The van der Waals surface area contributed by atoms with Gasteiger partial charge in [-0.3, -0.25) is 19.2 Å². The largest absolute Gasteiger partial charge is 0.325 e. The molecule has 2 heterocycles. The third kappa shape index (κ3) is 4.92. The van der Waals surface area contributed by atoms with Crippen LogP contribution in [0.3, 0.4) is 0 Å². The van der Waals surface area contributed by atoms with E-state index in [0.717, 1.165) is 22.7 Å². The smallest absolute Gasteiger partial charge is 0.325 e. The number of hydrogen-bond donors (Lipinski definition) is 3. The molecule has 1 aromatic heterocycles. The van der Waals surface area contributed by atoms with Gasteiger partial charge in [0.05, 0.1) is 4.90 Å². The van der Waals surface area contributed by atoms with E-state index in [4.69, 9.17) is 0 Å². The van der Waals surface area contributed by atoms with Gasteiger partial charge in [0.2, 0.25) is 5.91 Å². The lowest BCUT2D eigenvalue weighted by Gasteiger charge is -2.43. The SMILES string of the molecule is C[C@@H]1CC(C)(C)C[C@@]2(C1)NC(=O)N(CC(=O)Nc1ccc(S(=O)(=O)Nc3nccs3)cc1)C2=O. The third-order valence-corrected chi connectivity index (χ3v) is 8.20. The average Bonchev–Trinajstić information content (AvgIpc) is 3.29. The quantitative estimate of drug-likeness (QED) is 0.516. The average molecular weight is 506 g/mol. The fraction of sp³-hybridized carbons (Fsp3) is 0.455. The van der Waals surface area contributed by atoms with E-state index in [1.807, 2.05) is 0 Å². The van der Waals surface area contributed by atoms with E-state index < -0.39 is 34.0 Å². The second-order valence-electron chi connectivity index (χ2n) is 9.77. The van der Waals surface area contributed by atoms with Crippen molar-refractivity contribution in [2.45, 2.75) is 50.5 Å². The highest BCUT2D eigenvalue weighted by molar-refractivity contribution is 7.93. The molecule has 10 nitrogen and oxygen atoms in total. The number of carbonyl (C=O) groups excluding carboxylic acids is 3. The number of aromatic nitrogens is 1. The normalized spacial score (nSPS) is 24.2. The van der Waals surface area contributed by atoms with E-state index in [9.17, 15) is 22.8 Å². The molecule has 0 radical (unpaired) electrons. The first-order valence-electron chi connectivity index (χ1n) is 10.9. The molecule has 1 saturated heterocycles. The number of benzene rings is 1. The van der Waals surface area contributed by atoms with E-state index in [-0.39, 0.29) is 27.3 Å². The Bertz CT molecular complexity index is 1210. The summed E-state index contributed by atoms with van der Waals surface area (Å²) in [4.78, 5) is 43.2. The molecule has 2 fully saturated rings. The molecule has 4 rings (SSSR count). The maximum atomic E-state index is 13.2. The van der Waals surface area contributed by atoms with Crippen molar-refractivity contribution in [3.05, 3.63) is 35.8 Å². The van der Waals surface area contributed by atoms with Crippen molar-refractivity contribution >= 4 is 50.0 Å². The third-order valence-electron chi connectivity index (χ3n) is 6.03. The summed E-state index contributed by atoms with van der Waals surface area (Å²) in [5.41, 5.74) is -0.735. The first-order chi connectivity index (χ1) is 15.9. The minimum absolute atomic E-state index is 0.00534. The van der Waals surface area contributed by atoms with Gasteiger partial charge in [0.1, 0.15) is 12.1 Å². The van der Waals surface area contributed by atoms with Crippen molar-refractivity contribution in [3.8, 4) is 0 Å². The monoisotopic (exact) mass is 505 g/mol. The summed E-state index contributed by atoms with van der Waals surface area (Å²) in [7, 11) is -3.81. The molecule has 1 aliphatic heterocycles. The fourth-order valence-electron chi connectivity index (χ4n) is 5.16. The molecule has 34 heavy (non-hydrogen) atoms. The number of carbonyl (C=O) groups is 3. The first-order valence-corrected chi connectivity index (χ1v) is 13.2. The van der Waals surface area contributed by atoms with Gasteiger partial charge >= 0.3 is 6.03 Å². The number of urea groups is 1. The van der Waals surface area contributed by atoms with E-state index in [0.29, 0.717) is 18.5 Å². The Kier molecular flexibility index (Phi) is 6.15. The van der Waals surface area contributed by atoms with Gasteiger partial charge in [-0.15, -0.1) is 11.3 Å². The lowest BCUT2D eigenvalue weighted by Crippen LogP contribution is -2.54. The van der Waals surface area contributed by atoms with Crippen molar-refractivity contribution in [1.82, 2.24) is 15.2 Å². The van der Waals surface area contributed by atoms with Crippen molar-refractivity contribution in [1.29, 1.82) is 0 Å². The number of hydrogen-bond acceptors (Lipinski definition) is 7. The highest BCUT2D eigenvalue weighted by Crippen LogP contribution is 2.46. The predicted molar refractivity (Wildman–Crippen MR) is 128 cm³/mol. The van der Waals surface area contributed by atoms with E-state index in [1.165, 1.54) is 30.5 Å². The molecule has 12 heteroatoms. The standard InChI is InChI=1S/C22H27N5O5S2/c1-14-10-21(2,3)13-22(11-14)18(29)27(20(30)25-22)12-17(28)24-15-4-6-16(7-5-15)34(31,32)26-19-23-8-9-33-19/h4-9,14H,10-13H2,1-3H3,(H,23,26)(H,24,28)(H,25,30)/t14-,22-/m1/s1. The van der Waals surface area contributed by atoms with E-state index in [1.54, 1.807) is 5.38 Å². The number of imide groups is 1.